The molecule has 0 aliphatic heterocycles. The van der Waals surface area contributed by atoms with Crippen molar-refractivity contribution < 1.29 is 179 Å². The molecule has 38 nitrogen and oxygen atoms in total. The standard InChI is InChI=1S/C11H23O6P.C10H19O6P.C10H21O6P.C9H19O6P.C9H19O5P.C8H17O6P.C5H13O3P/c1-8(2)15-9(12)16-11(6,7)17-18(13,14)10(3,4)5;1-7(2)14-9(11)15-10(5-6-10)16-17(12,13)8(3)4;1-7(2)14-9(11)15-8(3)16-17(12,13)10(4,5)6;1-7(2)15-8(10)13-6-14-16(11,12)9(3,4)5;1-7(2)15(11,12)14-6-13-8(10)9(3,4)5;1-5-12-8(9)13-7(4)14-15(10,11)6(2)3;1-4-8-9(6,7)5(2)3/h8H,1-7H3,(H,13,14);7-8H,5-6H2,1-4H3,(H,12,13);7-8H,1-6H3,(H,12,13);7H,6H2,1-5H3,(H,11,12);7H,6H2,1-5H3,(H,11,12);6-7H,5H2,1-4H3,(H,10,11);5H,4H2,1-3H3,(H,6,7). The average molecular weight is 1700 g/mol. The van der Waals surface area contributed by atoms with Crippen LogP contribution >= 0.6 is 53.2 Å². The Hall–Kier alpha value is -3.13. The Kier molecular flexibility index (Phi) is 53.1. The van der Waals surface area contributed by atoms with E-state index in [9.17, 15) is 90.1 Å². The first-order valence-electron chi connectivity index (χ1n) is 33.8. The molecule has 9 atom stereocenters. The molecule has 0 aromatic carbocycles. The zero-order chi connectivity index (χ0) is 86.7. The van der Waals surface area contributed by atoms with Gasteiger partial charge in [-0.15, -0.1) is 0 Å². The van der Waals surface area contributed by atoms with Crippen molar-refractivity contribution in [1.82, 2.24) is 0 Å². The van der Waals surface area contributed by atoms with Crippen molar-refractivity contribution in [2.45, 2.75) is 335 Å². The van der Waals surface area contributed by atoms with Crippen LogP contribution in [0, 0.1) is 5.41 Å². The lowest BCUT2D eigenvalue weighted by atomic mass is 9.98. The summed E-state index contributed by atoms with van der Waals surface area (Å²) in [5.74, 6) is -3.27. The van der Waals surface area contributed by atoms with Crippen LogP contribution in [0.2, 0.25) is 0 Å². The molecular weight excluding hydrogens is 1570 g/mol. The highest BCUT2D eigenvalue weighted by Crippen LogP contribution is 2.60. The van der Waals surface area contributed by atoms with E-state index < -0.39 is 166 Å². The molecule has 1 rings (SSSR count). The third-order valence-electron chi connectivity index (χ3n) is 11.5. The summed E-state index contributed by atoms with van der Waals surface area (Å²) in [6.45, 7) is 53.3. The van der Waals surface area contributed by atoms with Crippen LogP contribution in [0.5, 0.6) is 0 Å². The van der Waals surface area contributed by atoms with Gasteiger partial charge < -0.3 is 90.9 Å². The van der Waals surface area contributed by atoms with E-state index >= 15 is 0 Å². The summed E-state index contributed by atoms with van der Waals surface area (Å²) >= 11 is 0. The van der Waals surface area contributed by atoms with Gasteiger partial charge in [0.15, 0.2) is 0 Å². The number of hydrogen-bond donors (Lipinski definition) is 7. The number of rotatable bonds is 29. The number of hydrogen-bond acceptors (Lipinski definition) is 31. The van der Waals surface area contributed by atoms with Gasteiger partial charge in [-0.1, -0.05) is 55.4 Å². The molecule has 0 radical (unpaired) electrons. The van der Waals surface area contributed by atoms with Crippen LogP contribution in [0.3, 0.4) is 0 Å². The molecule has 0 aromatic rings. The Bertz CT molecular complexity index is 2990. The zero-order valence-corrected chi connectivity index (χ0v) is 75.2. The second-order valence-electron chi connectivity index (χ2n) is 29.6. The van der Waals surface area contributed by atoms with Crippen LogP contribution in [-0.2, 0) is 121 Å². The Morgan fingerprint density at radius 1 is 0.364 bits per heavy atom. The molecule has 0 aromatic heterocycles. The maximum atomic E-state index is 12.0. The predicted molar refractivity (Wildman–Crippen MR) is 396 cm³/mol. The van der Waals surface area contributed by atoms with Crippen LogP contribution < -0.4 is 0 Å². The molecule has 1 aliphatic carbocycles. The van der Waals surface area contributed by atoms with E-state index in [0.717, 1.165) is 0 Å². The van der Waals surface area contributed by atoms with E-state index in [0.29, 0.717) is 19.4 Å². The number of carbonyl (C=O) groups excluding carboxylic acids is 6. The SMILES string of the molecule is CC(C)OC(=O)OC(C)(C)OP(=O)(O)C(C)(C)C.CC(C)OC(=O)OC(C)OP(=O)(O)C(C)(C)C.CC(C)OC(=O)OC1(OP(=O)(O)C(C)C)CC1.CC(C)OC(=O)OCOP(=O)(O)C(C)(C)C.CC(C)P(=O)(O)OCOC(=O)C(C)(C)C.CCOC(=O)OC(C)OP(=O)(O)C(C)C.CCOP(=O)(O)C(C)C. The first-order chi connectivity index (χ1) is 47.3. The summed E-state index contributed by atoms with van der Waals surface area (Å²) in [4.78, 5) is 133. The fourth-order valence-corrected chi connectivity index (χ4v) is 9.74. The minimum Gasteiger partial charge on any atom is -0.438 e. The van der Waals surface area contributed by atoms with E-state index in [2.05, 4.69) is 37.3 Å². The van der Waals surface area contributed by atoms with Gasteiger partial charge in [-0.2, -0.15) is 0 Å². The van der Waals surface area contributed by atoms with E-state index in [1.165, 1.54) is 41.5 Å². The highest BCUT2D eigenvalue weighted by molar-refractivity contribution is 7.55. The molecule has 45 heteroatoms. The Morgan fingerprint density at radius 3 is 1.04 bits per heavy atom. The quantitative estimate of drug-likeness (QED) is 0.0158. The van der Waals surface area contributed by atoms with Gasteiger partial charge in [-0.05, 0) is 166 Å². The molecule has 0 heterocycles. The summed E-state index contributed by atoms with van der Waals surface area (Å²) in [6.07, 6.45) is -7.28. The van der Waals surface area contributed by atoms with Gasteiger partial charge in [0.05, 0.1) is 81.1 Å². The molecule has 9 unspecified atom stereocenters. The molecule has 7 N–H and O–H groups in total. The normalized spacial score (nSPS) is 17.4. The summed E-state index contributed by atoms with van der Waals surface area (Å²) in [5.41, 5.74) is -2.53. The van der Waals surface area contributed by atoms with Gasteiger partial charge in [0.1, 0.15) is 0 Å². The van der Waals surface area contributed by atoms with Crippen molar-refractivity contribution in [2.24, 2.45) is 5.41 Å². The van der Waals surface area contributed by atoms with Crippen LogP contribution in [0.1, 0.15) is 248 Å². The first-order valence-corrected chi connectivity index (χ1v) is 45.1. The topological polar surface area (TPSA) is 530 Å². The molecule has 0 spiro atoms. The van der Waals surface area contributed by atoms with Crippen molar-refractivity contribution in [3.63, 3.8) is 0 Å². The van der Waals surface area contributed by atoms with E-state index in [4.69, 9.17) is 51.4 Å². The predicted octanol–water partition coefficient (Wildman–Crippen LogP) is 17.2. The minimum absolute atomic E-state index is 0.173. The minimum atomic E-state index is -3.92. The average Bonchev–Trinajstić information content (AvgIpc) is 1.64. The van der Waals surface area contributed by atoms with Gasteiger partial charge >= 0.3 is 89.9 Å². The Balaban J connectivity index is -0.000000280. The number of esters is 1. The monoisotopic (exact) mass is 1700 g/mol. The zero-order valence-electron chi connectivity index (χ0n) is 68.9. The van der Waals surface area contributed by atoms with Gasteiger partial charge in [-0.3, -0.25) is 63.9 Å². The first kappa shape index (κ1) is 115. The van der Waals surface area contributed by atoms with Gasteiger partial charge in [-0.25, -0.2) is 24.0 Å². The lowest BCUT2D eigenvalue weighted by molar-refractivity contribution is -0.160. The molecular formula is C62H131O38P7. The van der Waals surface area contributed by atoms with Crippen LogP contribution in [0.25, 0.3) is 0 Å². The molecule has 1 fully saturated rings. The third kappa shape index (κ3) is 56.7. The molecule has 0 amide bonds. The Labute approximate surface area is 633 Å². The third-order valence-corrected chi connectivity index (χ3v) is 25.8. The lowest BCUT2D eigenvalue weighted by Gasteiger charge is -2.32. The summed E-state index contributed by atoms with van der Waals surface area (Å²) in [7, 11) is -26.0. The summed E-state index contributed by atoms with van der Waals surface area (Å²) in [6, 6.07) is 0. The smallest absolute Gasteiger partial charge is 0.438 e. The highest BCUT2D eigenvalue weighted by Gasteiger charge is 2.54. The van der Waals surface area contributed by atoms with Gasteiger partial charge in [0.2, 0.25) is 37.7 Å². The Morgan fingerprint density at radius 2 is 0.701 bits per heavy atom. The molecule has 642 valence electrons. The van der Waals surface area contributed by atoms with Crippen molar-refractivity contribution in [1.29, 1.82) is 0 Å². The van der Waals surface area contributed by atoms with Gasteiger partial charge in [0, 0.05) is 26.7 Å². The van der Waals surface area contributed by atoms with Crippen LogP contribution in [0.15, 0.2) is 0 Å². The van der Waals surface area contributed by atoms with E-state index in [1.807, 2.05) is 0 Å². The molecule has 0 saturated heterocycles. The maximum Gasteiger partial charge on any atom is 0.511 e. The van der Waals surface area contributed by atoms with Crippen molar-refractivity contribution in [2.75, 3.05) is 26.8 Å². The van der Waals surface area contributed by atoms with Gasteiger partial charge in [0.25, 0.3) is 0 Å². The fraction of sp³-hybridized carbons (Fsp3) is 0.903. The highest BCUT2D eigenvalue weighted by atomic mass is 31.2. The largest absolute Gasteiger partial charge is 0.511 e. The van der Waals surface area contributed by atoms with E-state index in [1.54, 1.807) is 194 Å². The number of ether oxygens (including phenoxy) is 11. The summed E-state index contributed by atoms with van der Waals surface area (Å²) < 4.78 is 165. The van der Waals surface area contributed by atoms with Crippen molar-refractivity contribution in [3.8, 4) is 0 Å². The maximum absolute atomic E-state index is 12.0. The second kappa shape index (κ2) is 49.5. The van der Waals surface area contributed by atoms with Crippen molar-refractivity contribution in [3.05, 3.63) is 0 Å². The molecule has 1 saturated carbocycles. The second-order valence-corrected chi connectivity index (χ2v) is 46.9. The van der Waals surface area contributed by atoms with Crippen LogP contribution in [-0.4, -0.2) is 184 Å². The fourth-order valence-electron chi connectivity index (χ4n) is 4.70. The van der Waals surface area contributed by atoms with Crippen LogP contribution in [0.4, 0.5) is 24.0 Å². The molecule has 0 bridgehead atoms. The molecule has 1 aliphatic rings. The van der Waals surface area contributed by atoms with E-state index in [-0.39, 0.29) is 36.7 Å². The summed E-state index contributed by atoms with van der Waals surface area (Å²) in [5, 5.41) is -2.82. The number of carbonyl (C=O) groups is 6. The molecule has 107 heavy (non-hydrogen) atoms. The lowest BCUT2D eigenvalue weighted by Crippen LogP contribution is -2.34. The van der Waals surface area contributed by atoms with Crippen molar-refractivity contribution >= 4 is 89.9 Å².